The van der Waals surface area contributed by atoms with Gasteiger partial charge in [-0.3, -0.25) is 0 Å². The molecule has 0 spiro atoms. The van der Waals surface area contributed by atoms with E-state index in [1.807, 2.05) is 6.26 Å². The number of rotatable bonds is 5. The quantitative estimate of drug-likeness (QED) is 0.655. The molecule has 0 radical (unpaired) electrons. The minimum Gasteiger partial charge on any atom is -0.334 e. The second-order valence-electron chi connectivity index (χ2n) is 4.14. The van der Waals surface area contributed by atoms with Crippen molar-refractivity contribution in [3.05, 3.63) is 42.0 Å². The number of carbonyl (C=O) groups excluding carboxylic acids is 1. The number of aryl methyl sites for hydroxylation is 1. The lowest BCUT2D eigenvalue weighted by Crippen LogP contribution is -2.36. The van der Waals surface area contributed by atoms with Gasteiger partial charge in [-0.15, -0.1) is 18.3 Å². The molecule has 4 heteroatoms. The molecule has 0 heterocycles. The van der Waals surface area contributed by atoms with Gasteiger partial charge in [0, 0.05) is 25.0 Å². The molecule has 0 aromatic heterocycles. The lowest BCUT2D eigenvalue weighted by Gasteiger charge is -2.16. The van der Waals surface area contributed by atoms with Crippen molar-refractivity contribution in [3.63, 3.8) is 0 Å². The van der Waals surface area contributed by atoms with Crippen molar-refractivity contribution < 1.29 is 4.79 Å². The summed E-state index contributed by atoms with van der Waals surface area (Å²) in [5.41, 5.74) is 2.38. The fourth-order valence-corrected chi connectivity index (χ4v) is 2.29. The van der Waals surface area contributed by atoms with Crippen molar-refractivity contribution in [1.82, 2.24) is 10.2 Å². The van der Waals surface area contributed by atoms with Crippen molar-refractivity contribution in [1.29, 1.82) is 0 Å². The van der Waals surface area contributed by atoms with Gasteiger partial charge in [0.15, 0.2) is 0 Å². The summed E-state index contributed by atoms with van der Waals surface area (Å²) in [5.74, 6) is 0. The molecule has 0 aliphatic rings. The third-order valence-electron chi connectivity index (χ3n) is 2.62. The maximum Gasteiger partial charge on any atom is 0.317 e. The van der Waals surface area contributed by atoms with E-state index in [1.165, 1.54) is 10.5 Å². The molecular formula is C14H20N2OS. The molecule has 1 aromatic carbocycles. The Morgan fingerprint density at radius 2 is 2.28 bits per heavy atom. The van der Waals surface area contributed by atoms with Crippen LogP contribution in [-0.4, -0.2) is 30.8 Å². The number of urea groups is 1. The van der Waals surface area contributed by atoms with Crippen LogP contribution < -0.4 is 5.32 Å². The Morgan fingerprint density at radius 3 is 2.89 bits per heavy atom. The summed E-state index contributed by atoms with van der Waals surface area (Å²) >= 11 is 1.70. The minimum atomic E-state index is -0.0810. The summed E-state index contributed by atoms with van der Waals surface area (Å²) in [5, 5.41) is 2.90. The van der Waals surface area contributed by atoms with Crippen LogP contribution in [0.25, 0.3) is 0 Å². The van der Waals surface area contributed by atoms with E-state index in [0.717, 1.165) is 5.56 Å². The Balaban J connectivity index is 2.63. The number of likely N-dealkylation sites (N-methyl/N-ethyl adjacent to an activating group) is 1. The van der Waals surface area contributed by atoms with Crippen molar-refractivity contribution >= 4 is 17.8 Å². The van der Waals surface area contributed by atoms with Crippen LogP contribution >= 0.6 is 11.8 Å². The highest BCUT2D eigenvalue weighted by molar-refractivity contribution is 7.98. The molecule has 2 amide bonds. The van der Waals surface area contributed by atoms with Crippen LogP contribution in [-0.2, 0) is 6.54 Å². The van der Waals surface area contributed by atoms with E-state index in [0.29, 0.717) is 13.1 Å². The molecule has 1 N–H and O–H groups in total. The lowest BCUT2D eigenvalue weighted by molar-refractivity contribution is 0.212. The second kappa shape index (κ2) is 7.11. The molecule has 3 nitrogen and oxygen atoms in total. The van der Waals surface area contributed by atoms with Crippen LogP contribution in [0, 0.1) is 6.92 Å². The molecule has 0 unspecified atom stereocenters. The van der Waals surface area contributed by atoms with Crippen molar-refractivity contribution in [2.24, 2.45) is 0 Å². The predicted octanol–water partition coefficient (Wildman–Crippen LogP) is 3.04. The first-order chi connectivity index (χ1) is 8.58. The molecule has 0 fully saturated rings. The third-order valence-corrected chi connectivity index (χ3v) is 3.44. The molecular weight excluding hydrogens is 244 g/mol. The average molecular weight is 264 g/mol. The summed E-state index contributed by atoms with van der Waals surface area (Å²) in [6.45, 7) is 6.79. The molecule has 0 aliphatic heterocycles. The predicted molar refractivity (Wildman–Crippen MR) is 78.0 cm³/mol. The molecule has 0 saturated carbocycles. The fourth-order valence-electron chi connectivity index (χ4n) is 1.58. The molecule has 0 aliphatic carbocycles. The number of nitrogens with one attached hydrogen (secondary N) is 1. The average Bonchev–Trinajstić information content (AvgIpc) is 2.37. The first kappa shape index (κ1) is 14.6. The molecule has 0 atom stereocenters. The van der Waals surface area contributed by atoms with E-state index in [9.17, 15) is 4.79 Å². The van der Waals surface area contributed by atoms with Gasteiger partial charge in [-0.2, -0.15) is 0 Å². The highest BCUT2D eigenvalue weighted by atomic mass is 32.2. The number of thioether (sulfide) groups is 1. The van der Waals surface area contributed by atoms with Gasteiger partial charge in [0.1, 0.15) is 0 Å². The van der Waals surface area contributed by atoms with E-state index < -0.39 is 0 Å². The molecule has 1 rings (SSSR count). The first-order valence-electron chi connectivity index (χ1n) is 5.82. The molecule has 0 saturated heterocycles. The zero-order valence-corrected chi connectivity index (χ0v) is 12.0. The standard InChI is InChI=1S/C14H20N2OS/c1-5-8-16(3)14(17)15-10-12-7-6-11(2)9-13(12)18-4/h5-7,9H,1,8,10H2,2-4H3,(H,15,17). The summed E-state index contributed by atoms with van der Waals surface area (Å²) < 4.78 is 0. The van der Waals surface area contributed by atoms with Crippen LogP contribution in [0.5, 0.6) is 0 Å². The SMILES string of the molecule is C=CCN(C)C(=O)NCc1ccc(C)cc1SC. The summed E-state index contributed by atoms with van der Waals surface area (Å²) in [7, 11) is 1.75. The summed E-state index contributed by atoms with van der Waals surface area (Å²) in [4.78, 5) is 14.5. The van der Waals surface area contributed by atoms with E-state index >= 15 is 0 Å². The highest BCUT2D eigenvalue weighted by Crippen LogP contribution is 2.21. The fraction of sp³-hybridized carbons (Fsp3) is 0.357. The van der Waals surface area contributed by atoms with E-state index in [-0.39, 0.29) is 6.03 Å². The Labute approximate surface area is 113 Å². The Morgan fingerprint density at radius 1 is 1.56 bits per heavy atom. The van der Waals surface area contributed by atoms with Crippen LogP contribution in [0.15, 0.2) is 35.7 Å². The maximum absolute atomic E-state index is 11.7. The van der Waals surface area contributed by atoms with Gasteiger partial charge in [0.25, 0.3) is 0 Å². The van der Waals surface area contributed by atoms with Gasteiger partial charge < -0.3 is 10.2 Å². The Kier molecular flexibility index (Phi) is 5.78. The monoisotopic (exact) mass is 264 g/mol. The van der Waals surface area contributed by atoms with Gasteiger partial charge in [-0.25, -0.2) is 4.79 Å². The normalized spacial score (nSPS) is 9.94. The number of hydrogen-bond acceptors (Lipinski definition) is 2. The van der Waals surface area contributed by atoms with Crippen LogP contribution in [0.2, 0.25) is 0 Å². The number of nitrogens with zero attached hydrogens (tertiary/aromatic N) is 1. The van der Waals surface area contributed by atoms with Gasteiger partial charge in [0.2, 0.25) is 0 Å². The molecule has 98 valence electrons. The highest BCUT2D eigenvalue weighted by Gasteiger charge is 2.07. The van der Waals surface area contributed by atoms with Gasteiger partial charge in [0.05, 0.1) is 0 Å². The zero-order chi connectivity index (χ0) is 13.5. The molecule has 18 heavy (non-hydrogen) atoms. The Bertz CT molecular complexity index is 432. The van der Waals surface area contributed by atoms with Crippen molar-refractivity contribution in [2.75, 3.05) is 19.8 Å². The smallest absolute Gasteiger partial charge is 0.317 e. The summed E-state index contributed by atoms with van der Waals surface area (Å²) in [6, 6.07) is 6.19. The molecule has 0 bridgehead atoms. The van der Waals surface area contributed by atoms with Gasteiger partial charge in [-0.1, -0.05) is 18.2 Å². The zero-order valence-electron chi connectivity index (χ0n) is 11.2. The van der Waals surface area contributed by atoms with Crippen LogP contribution in [0.3, 0.4) is 0 Å². The number of amides is 2. The van der Waals surface area contributed by atoms with Crippen molar-refractivity contribution in [3.8, 4) is 0 Å². The number of benzene rings is 1. The van der Waals surface area contributed by atoms with Crippen molar-refractivity contribution in [2.45, 2.75) is 18.4 Å². The maximum atomic E-state index is 11.7. The van der Waals surface area contributed by atoms with E-state index in [4.69, 9.17) is 0 Å². The summed E-state index contributed by atoms with van der Waals surface area (Å²) in [6.07, 6.45) is 3.75. The van der Waals surface area contributed by atoms with Crippen LogP contribution in [0.1, 0.15) is 11.1 Å². The Hall–Kier alpha value is -1.42. The van der Waals surface area contributed by atoms with E-state index in [1.54, 1.807) is 29.8 Å². The minimum absolute atomic E-state index is 0.0810. The van der Waals surface area contributed by atoms with E-state index in [2.05, 4.69) is 37.0 Å². The first-order valence-corrected chi connectivity index (χ1v) is 7.04. The third kappa shape index (κ3) is 4.11. The lowest BCUT2D eigenvalue weighted by atomic mass is 10.1. The molecule has 1 aromatic rings. The largest absolute Gasteiger partial charge is 0.334 e. The van der Waals surface area contributed by atoms with Gasteiger partial charge >= 0.3 is 6.03 Å². The number of carbonyl (C=O) groups is 1. The van der Waals surface area contributed by atoms with Crippen LogP contribution in [0.4, 0.5) is 4.79 Å². The van der Waals surface area contributed by atoms with Gasteiger partial charge in [-0.05, 0) is 30.4 Å². The second-order valence-corrected chi connectivity index (χ2v) is 4.99. The number of hydrogen-bond donors (Lipinski definition) is 1. The topological polar surface area (TPSA) is 32.3 Å².